The SMILES string of the molecule is CCOC(=O)[C@@H]1Sc2nnc(C)n2N[C@H]1c1ccc(OC)c(OC)c1. The normalized spacial score (nSPS) is 18.9. The average Bonchev–Trinajstić information content (AvgIpc) is 3.00. The lowest BCUT2D eigenvalue weighted by Crippen LogP contribution is -2.39. The van der Waals surface area contributed by atoms with Crippen molar-refractivity contribution in [1.82, 2.24) is 14.9 Å². The van der Waals surface area contributed by atoms with Crippen molar-refractivity contribution in [3.8, 4) is 11.5 Å². The minimum Gasteiger partial charge on any atom is -0.493 e. The highest BCUT2D eigenvalue weighted by molar-refractivity contribution is 8.00. The smallest absolute Gasteiger partial charge is 0.322 e. The number of nitrogens with one attached hydrogen (secondary N) is 1. The Labute approximate surface area is 149 Å². The van der Waals surface area contributed by atoms with Gasteiger partial charge in [0, 0.05) is 0 Å². The summed E-state index contributed by atoms with van der Waals surface area (Å²) in [4.78, 5) is 12.5. The molecule has 0 aliphatic carbocycles. The van der Waals surface area contributed by atoms with Crippen molar-refractivity contribution in [2.24, 2.45) is 0 Å². The average molecular weight is 364 g/mol. The summed E-state index contributed by atoms with van der Waals surface area (Å²) in [7, 11) is 3.16. The third-order valence-electron chi connectivity index (χ3n) is 3.88. The van der Waals surface area contributed by atoms with Gasteiger partial charge in [0.1, 0.15) is 11.1 Å². The van der Waals surface area contributed by atoms with Crippen LogP contribution in [0.15, 0.2) is 23.4 Å². The number of esters is 1. The predicted octanol–water partition coefficient (Wildman–Crippen LogP) is 1.93. The van der Waals surface area contributed by atoms with E-state index in [0.717, 1.165) is 11.4 Å². The molecule has 3 rings (SSSR count). The molecule has 0 saturated carbocycles. The molecule has 1 N–H and O–H groups in total. The standard InChI is InChI=1S/C16H20N4O4S/c1-5-24-15(21)14-13(19-20-9(2)17-18-16(20)25-14)10-6-7-11(22-3)12(8-10)23-4/h6-8,13-14,19H,5H2,1-4H3/t13-,14+/m0/s1. The molecular formula is C16H20N4O4S. The number of rotatable bonds is 5. The van der Waals surface area contributed by atoms with E-state index in [1.807, 2.05) is 25.1 Å². The van der Waals surface area contributed by atoms with Crippen molar-refractivity contribution in [3.63, 3.8) is 0 Å². The number of aryl methyl sites for hydroxylation is 1. The van der Waals surface area contributed by atoms with Gasteiger partial charge in [-0.1, -0.05) is 17.8 Å². The highest BCUT2D eigenvalue weighted by Gasteiger charge is 2.38. The van der Waals surface area contributed by atoms with E-state index >= 15 is 0 Å². The van der Waals surface area contributed by atoms with E-state index in [1.165, 1.54) is 11.8 Å². The van der Waals surface area contributed by atoms with Crippen LogP contribution in [0.2, 0.25) is 0 Å². The van der Waals surface area contributed by atoms with Crippen molar-refractivity contribution in [3.05, 3.63) is 29.6 Å². The summed E-state index contributed by atoms with van der Waals surface area (Å²) < 4.78 is 17.7. The second-order valence-corrected chi connectivity index (χ2v) is 6.49. The molecule has 134 valence electrons. The maximum Gasteiger partial charge on any atom is 0.322 e. The molecule has 0 amide bonds. The van der Waals surface area contributed by atoms with Crippen LogP contribution < -0.4 is 14.9 Å². The molecule has 9 heteroatoms. The maximum absolute atomic E-state index is 12.5. The maximum atomic E-state index is 12.5. The van der Waals surface area contributed by atoms with Gasteiger partial charge < -0.3 is 19.6 Å². The summed E-state index contributed by atoms with van der Waals surface area (Å²) in [5.41, 5.74) is 4.19. The lowest BCUT2D eigenvalue weighted by molar-refractivity contribution is -0.142. The minimum atomic E-state index is -0.492. The fourth-order valence-corrected chi connectivity index (χ4v) is 3.78. The Balaban J connectivity index is 2.01. The lowest BCUT2D eigenvalue weighted by atomic mass is 10.0. The first-order chi connectivity index (χ1) is 12.1. The van der Waals surface area contributed by atoms with Gasteiger partial charge in [0.2, 0.25) is 5.16 Å². The topological polar surface area (TPSA) is 87.5 Å². The van der Waals surface area contributed by atoms with E-state index in [1.54, 1.807) is 25.8 Å². The first-order valence-electron chi connectivity index (χ1n) is 7.82. The van der Waals surface area contributed by atoms with E-state index < -0.39 is 5.25 Å². The molecule has 1 aliphatic rings. The number of aromatic nitrogens is 3. The zero-order valence-corrected chi connectivity index (χ0v) is 15.3. The number of ether oxygens (including phenoxy) is 3. The molecule has 0 radical (unpaired) electrons. The van der Waals surface area contributed by atoms with Gasteiger partial charge in [0.25, 0.3) is 0 Å². The van der Waals surface area contributed by atoms with Crippen LogP contribution >= 0.6 is 11.8 Å². The first-order valence-corrected chi connectivity index (χ1v) is 8.70. The molecule has 0 saturated heterocycles. The van der Waals surface area contributed by atoms with Crippen LogP contribution in [-0.2, 0) is 9.53 Å². The van der Waals surface area contributed by atoms with Gasteiger partial charge in [-0.05, 0) is 31.5 Å². The molecule has 0 unspecified atom stereocenters. The van der Waals surface area contributed by atoms with Gasteiger partial charge >= 0.3 is 5.97 Å². The number of carbonyl (C=O) groups excluding carboxylic acids is 1. The van der Waals surface area contributed by atoms with Crippen molar-refractivity contribution >= 4 is 17.7 Å². The fourth-order valence-electron chi connectivity index (χ4n) is 2.66. The summed E-state index contributed by atoms with van der Waals surface area (Å²) >= 11 is 1.33. The lowest BCUT2D eigenvalue weighted by Gasteiger charge is -2.32. The Morgan fingerprint density at radius 3 is 2.72 bits per heavy atom. The van der Waals surface area contributed by atoms with Crippen LogP contribution in [0.25, 0.3) is 0 Å². The van der Waals surface area contributed by atoms with Gasteiger partial charge in [-0.3, -0.25) is 4.79 Å². The van der Waals surface area contributed by atoms with Gasteiger partial charge in [-0.15, -0.1) is 10.2 Å². The molecule has 1 aromatic heterocycles. The fraction of sp³-hybridized carbons (Fsp3) is 0.438. The number of methoxy groups -OCH3 is 2. The molecule has 0 fully saturated rings. The van der Waals surface area contributed by atoms with E-state index in [4.69, 9.17) is 14.2 Å². The summed E-state index contributed by atoms with van der Waals surface area (Å²) in [6.07, 6.45) is 0. The molecule has 8 nitrogen and oxygen atoms in total. The largest absolute Gasteiger partial charge is 0.493 e. The Hall–Kier alpha value is -2.42. The number of carbonyl (C=O) groups is 1. The van der Waals surface area contributed by atoms with Gasteiger partial charge in [-0.2, -0.15) is 0 Å². The van der Waals surface area contributed by atoms with Crippen molar-refractivity contribution in [1.29, 1.82) is 0 Å². The van der Waals surface area contributed by atoms with Crippen LogP contribution in [0.3, 0.4) is 0 Å². The van der Waals surface area contributed by atoms with Gasteiger partial charge in [0.05, 0.1) is 26.9 Å². The summed E-state index contributed by atoms with van der Waals surface area (Å²) in [6, 6.07) is 5.24. The van der Waals surface area contributed by atoms with Crippen molar-refractivity contribution in [2.45, 2.75) is 30.3 Å². The number of nitrogens with zero attached hydrogens (tertiary/aromatic N) is 3. The molecule has 2 heterocycles. The number of benzene rings is 1. The van der Waals surface area contributed by atoms with Crippen LogP contribution in [0.1, 0.15) is 24.4 Å². The molecule has 0 bridgehead atoms. The molecule has 2 atom stereocenters. The second kappa shape index (κ2) is 7.22. The molecular weight excluding hydrogens is 344 g/mol. The van der Waals surface area contributed by atoms with E-state index in [9.17, 15) is 4.79 Å². The summed E-state index contributed by atoms with van der Waals surface area (Å²) in [6.45, 7) is 3.96. The van der Waals surface area contributed by atoms with E-state index in [0.29, 0.717) is 23.3 Å². The van der Waals surface area contributed by atoms with Gasteiger partial charge in [-0.25, -0.2) is 4.68 Å². The Kier molecular flexibility index (Phi) is 5.03. The predicted molar refractivity (Wildman–Crippen MR) is 92.7 cm³/mol. The quantitative estimate of drug-likeness (QED) is 0.805. The molecule has 0 spiro atoms. The number of thioether (sulfide) groups is 1. The minimum absolute atomic E-state index is 0.299. The third kappa shape index (κ3) is 3.23. The van der Waals surface area contributed by atoms with Crippen LogP contribution in [0.4, 0.5) is 0 Å². The monoisotopic (exact) mass is 364 g/mol. The third-order valence-corrected chi connectivity index (χ3v) is 5.08. The van der Waals surface area contributed by atoms with E-state index in [-0.39, 0.29) is 12.0 Å². The highest BCUT2D eigenvalue weighted by atomic mass is 32.2. The van der Waals surface area contributed by atoms with Crippen molar-refractivity contribution in [2.75, 3.05) is 26.3 Å². The molecule has 1 aliphatic heterocycles. The van der Waals surface area contributed by atoms with Crippen molar-refractivity contribution < 1.29 is 19.0 Å². The first kappa shape index (κ1) is 17.4. The Morgan fingerprint density at radius 1 is 1.28 bits per heavy atom. The Morgan fingerprint density at radius 2 is 2.04 bits per heavy atom. The zero-order valence-electron chi connectivity index (χ0n) is 14.5. The van der Waals surface area contributed by atoms with Crippen LogP contribution in [0.5, 0.6) is 11.5 Å². The van der Waals surface area contributed by atoms with E-state index in [2.05, 4.69) is 15.6 Å². The summed E-state index contributed by atoms with van der Waals surface area (Å²) in [5, 5.41) is 8.30. The number of fused-ring (bicyclic) bond motifs is 1. The van der Waals surface area contributed by atoms with Crippen LogP contribution in [0, 0.1) is 6.92 Å². The highest BCUT2D eigenvalue weighted by Crippen LogP contribution is 2.39. The number of hydrogen-bond donors (Lipinski definition) is 1. The number of hydrogen-bond acceptors (Lipinski definition) is 8. The molecule has 25 heavy (non-hydrogen) atoms. The van der Waals surface area contributed by atoms with Crippen LogP contribution in [-0.4, -0.2) is 46.9 Å². The molecule has 2 aromatic rings. The molecule has 1 aromatic carbocycles. The summed E-state index contributed by atoms with van der Waals surface area (Å²) in [5.74, 6) is 1.64. The van der Waals surface area contributed by atoms with Gasteiger partial charge in [0.15, 0.2) is 11.5 Å². The Bertz CT molecular complexity index is 779. The zero-order chi connectivity index (χ0) is 18.0. The second-order valence-electron chi connectivity index (χ2n) is 5.38.